The molecule has 0 unspecified atom stereocenters. The zero-order chi connectivity index (χ0) is 46.4. The maximum absolute atomic E-state index is 13.4. The summed E-state index contributed by atoms with van der Waals surface area (Å²) in [6.07, 6.45) is 2.67. The minimum atomic E-state index is -1.35. The highest BCUT2D eigenvalue weighted by Gasteiger charge is 2.21. The van der Waals surface area contributed by atoms with Gasteiger partial charge in [-0.25, -0.2) is 24.7 Å². The predicted molar refractivity (Wildman–Crippen MR) is 253 cm³/mol. The van der Waals surface area contributed by atoms with Crippen LogP contribution >= 0.6 is 0 Å². The molecule has 0 saturated carbocycles. The summed E-state index contributed by atoms with van der Waals surface area (Å²) in [4.78, 5) is 79.6. The molecular weight excluding hydrogens is 851 g/mol. The highest BCUT2D eigenvalue weighted by Crippen LogP contribution is 2.22. The van der Waals surface area contributed by atoms with Gasteiger partial charge in [0.1, 0.15) is 48.6 Å². The molecule has 4 heterocycles. The molecule has 67 heavy (non-hydrogen) atoms. The van der Waals surface area contributed by atoms with Gasteiger partial charge in [-0.2, -0.15) is 0 Å². The lowest BCUT2D eigenvalue weighted by Crippen LogP contribution is -2.36. The van der Waals surface area contributed by atoms with Crippen LogP contribution in [-0.2, 0) is 32.8 Å². The van der Waals surface area contributed by atoms with E-state index in [0.29, 0.717) is 35.5 Å². The number of aromatic nitrogens is 6. The summed E-state index contributed by atoms with van der Waals surface area (Å²) < 4.78 is 2.00. The lowest BCUT2D eigenvalue weighted by Gasteiger charge is -2.15. The van der Waals surface area contributed by atoms with Gasteiger partial charge in [0.15, 0.2) is 11.3 Å². The highest BCUT2D eigenvalue weighted by atomic mass is 16.7. The second kappa shape index (κ2) is 21.5. The number of hydrogen-bond donors (Lipinski definition) is 4. The molecule has 334 valence electrons. The number of rotatable bonds is 16. The number of amides is 1. The fourth-order valence-corrected chi connectivity index (χ4v) is 6.89. The average molecular weight is 894 g/mol. The van der Waals surface area contributed by atoms with E-state index in [1.165, 1.54) is 24.8 Å². The third kappa shape index (κ3) is 11.1. The van der Waals surface area contributed by atoms with Crippen molar-refractivity contribution in [1.29, 1.82) is 0 Å². The first-order valence-corrected chi connectivity index (χ1v) is 21.1. The molecule has 9 rings (SSSR count). The van der Waals surface area contributed by atoms with Gasteiger partial charge >= 0.3 is 5.97 Å². The Labute approximate surface area is 383 Å². The number of anilines is 2. The molecule has 4 aromatic heterocycles. The molecule has 0 aliphatic carbocycles. The number of carbonyl (C=O) groups is 2. The highest BCUT2D eigenvalue weighted by molar-refractivity contribution is 5.99. The van der Waals surface area contributed by atoms with E-state index < -0.39 is 28.6 Å². The molecule has 16 heteroatoms. The molecule has 4 N–H and O–H groups in total. The zero-order valence-corrected chi connectivity index (χ0v) is 35.9. The van der Waals surface area contributed by atoms with Crippen LogP contribution in [0.2, 0.25) is 0 Å². The van der Waals surface area contributed by atoms with Crippen molar-refractivity contribution in [3.8, 4) is 0 Å². The maximum Gasteiger partial charge on any atom is 0.341 e. The molecule has 0 aliphatic heterocycles. The number of aromatic carboxylic acids is 1. The van der Waals surface area contributed by atoms with Crippen LogP contribution in [-0.4, -0.2) is 46.4 Å². The Balaban J connectivity index is 0.000000186. The van der Waals surface area contributed by atoms with E-state index in [2.05, 4.69) is 35.9 Å². The summed E-state index contributed by atoms with van der Waals surface area (Å²) in [5, 5.41) is 19.7. The number of nitrogens with zero attached hydrogens (tertiary/aromatic N) is 6. The summed E-state index contributed by atoms with van der Waals surface area (Å²) in [5.74, 6) is -0.964. The van der Waals surface area contributed by atoms with Crippen molar-refractivity contribution in [3.63, 3.8) is 0 Å². The van der Waals surface area contributed by atoms with E-state index in [9.17, 15) is 24.3 Å². The Hall–Kier alpha value is -9.18. The van der Waals surface area contributed by atoms with Crippen molar-refractivity contribution in [3.05, 3.63) is 236 Å². The fraction of sp³-hybridized carbons (Fsp3) is 0.0980. The number of fused-ring (bicyclic) bond motifs is 2. The summed E-state index contributed by atoms with van der Waals surface area (Å²) in [7, 11) is 0. The van der Waals surface area contributed by atoms with Crippen molar-refractivity contribution in [2.45, 2.75) is 32.8 Å². The van der Waals surface area contributed by atoms with Crippen molar-refractivity contribution in [1.82, 2.24) is 34.7 Å². The quantitative estimate of drug-likeness (QED) is 0.0799. The van der Waals surface area contributed by atoms with Gasteiger partial charge in [-0.1, -0.05) is 152 Å². The van der Waals surface area contributed by atoms with Crippen LogP contribution in [0.25, 0.3) is 22.1 Å². The number of carbonyl (C=O) groups excluding carboxylic acids is 1. The van der Waals surface area contributed by atoms with Crippen LogP contribution in [0.15, 0.2) is 186 Å². The Morgan fingerprint density at radius 2 is 0.836 bits per heavy atom. The van der Waals surface area contributed by atoms with E-state index >= 15 is 0 Å². The van der Waals surface area contributed by atoms with E-state index in [4.69, 9.17) is 9.68 Å². The van der Waals surface area contributed by atoms with Gasteiger partial charge in [-0.3, -0.25) is 14.4 Å². The minimum Gasteiger partial charge on any atom is -0.477 e. The van der Waals surface area contributed by atoms with Crippen molar-refractivity contribution in [2.75, 3.05) is 10.6 Å². The third-order valence-electron chi connectivity index (χ3n) is 10.3. The van der Waals surface area contributed by atoms with Crippen LogP contribution < -0.4 is 36.7 Å². The lowest BCUT2D eigenvalue weighted by atomic mass is 10.1. The third-order valence-corrected chi connectivity index (χ3v) is 10.3. The van der Waals surface area contributed by atoms with Crippen molar-refractivity contribution < 1.29 is 24.4 Å². The van der Waals surface area contributed by atoms with Crippen LogP contribution in [0.4, 0.5) is 11.6 Å². The van der Waals surface area contributed by atoms with Crippen LogP contribution in [0.3, 0.4) is 0 Å². The zero-order valence-electron chi connectivity index (χ0n) is 35.9. The van der Waals surface area contributed by atoms with Gasteiger partial charge in [0.25, 0.3) is 17.0 Å². The molecule has 9 aromatic rings. The van der Waals surface area contributed by atoms with Gasteiger partial charge in [-0.15, -0.1) is 9.46 Å². The molecule has 0 spiro atoms. The molecule has 1 amide bonds. The number of hydrogen-bond acceptors (Lipinski definition) is 12. The Morgan fingerprint density at radius 1 is 0.478 bits per heavy atom. The van der Waals surface area contributed by atoms with Crippen molar-refractivity contribution >= 4 is 45.6 Å². The first-order chi connectivity index (χ1) is 32.8. The fourth-order valence-electron chi connectivity index (χ4n) is 6.89. The standard InChI is InChI=1S/C29H25N5O3.C22H18N4O4/c35-28(31-18-22-12-6-2-7-13-22)25-16-24-26(30-17-21-10-4-1-5-11-21)32-20-33-27(24)34(29(25)36)37-19-23-14-8-3-9-15-23;27-21-18(22(28)29)11-17-19(23-12-15-7-3-1-4-8-15)24-14-25-20(17)26(21)30-13-16-9-5-2-6-10-16/h1-16,20H,17-19H2,(H,31,35)(H,30,32,33);1-11,14H,12-13H2,(H,28,29)(H,23,24,25). The van der Waals surface area contributed by atoms with E-state index in [0.717, 1.165) is 37.3 Å². The van der Waals surface area contributed by atoms with Crippen molar-refractivity contribution in [2.24, 2.45) is 0 Å². The normalized spacial score (nSPS) is 10.7. The van der Waals surface area contributed by atoms with E-state index in [1.807, 2.05) is 152 Å². The number of benzene rings is 5. The predicted octanol–water partition coefficient (Wildman–Crippen LogP) is 6.69. The molecule has 0 atom stereocenters. The lowest BCUT2D eigenvalue weighted by molar-refractivity contribution is 0.0676. The SMILES string of the molecule is O=C(NCc1ccccc1)c1cc2c(NCc3ccccc3)ncnc2n(OCc2ccccc2)c1=O.O=C(O)c1cc2c(NCc3ccccc3)ncnc2n(OCc2ccccc2)c1=O. The summed E-state index contributed by atoms with van der Waals surface area (Å²) in [6.45, 7) is 1.47. The molecule has 0 saturated heterocycles. The Kier molecular flexibility index (Phi) is 14.2. The number of nitrogens with one attached hydrogen (secondary N) is 3. The smallest absolute Gasteiger partial charge is 0.341 e. The molecule has 0 aliphatic rings. The average Bonchev–Trinajstić information content (AvgIpc) is 3.37. The summed E-state index contributed by atoms with van der Waals surface area (Å²) >= 11 is 0. The largest absolute Gasteiger partial charge is 0.477 e. The molecule has 0 fully saturated rings. The summed E-state index contributed by atoms with van der Waals surface area (Å²) in [5.41, 5.74) is 3.29. The number of pyridine rings is 2. The second-order valence-electron chi connectivity index (χ2n) is 14.9. The van der Waals surface area contributed by atoms with Gasteiger partial charge in [0, 0.05) is 19.6 Å². The molecule has 0 radical (unpaired) electrons. The van der Waals surface area contributed by atoms with Crippen LogP contribution in [0, 0.1) is 0 Å². The first kappa shape index (κ1) is 44.4. The number of carboxylic acid groups (broad SMARTS) is 1. The first-order valence-electron chi connectivity index (χ1n) is 21.1. The van der Waals surface area contributed by atoms with Crippen LogP contribution in [0.5, 0.6) is 0 Å². The Bertz CT molecular complexity index is 3230. The topological polar surface area (TPSA) is 204 Å². The minimum absolute atomic E-state index is 0.0611. The van der Waals surface area contributed by atoms with Gasteiger partial charge in [-0.05, 0) is 39.9 Å². The molecule has 5 aromatic carbocycles. The Morgan fingerprint density at radius 3 is 1.24 bits per heavy atom. The monoisotopic (exact) mass is 893 g/mol. The van der Waals surface area contributed by atoms with Gasteiger partial charge in [0.2, 0.25) is 0 Å². The molecule has 16 nitrogen and oxygen atoms in total. The molecular formula is C51H43N9O7. The van der Waals surface area contributed by atoms with Crippen LogP contribution in [0.1, 0.15) is 48.5 Å². The van der Waals surface area contributed by atoms with E-state index in [1.54, 1.807) is 0 Å². The van der Waals surface area contributed by atoms with Gasteiger partial charge in [0.05, 0.1) is 10.8 Å². The van der Waals surface area contributed by atoms with E-state index in [-0.39, 0.29) is 36.6 Å². The summed E-state index contributed by atoms with van der Waals surface area (Å²) in [6, 6.07) is 50.6. The molecule has 0 bridgehead atoms. The van der Waals surface area contributed by atoms with Gasteiger partial charge < -0.3 is 30.7 Å². The number of carboxylic acids is 1. The second-order valence-corrected chi connectivity index (χ2v) is 14.9. The maximum atomic E-state index is 13.4.